The lowest BCUT2D eigenvalue weighted by molar-refractivity contribution is 0.102. The molecule has 0 spiro atoms. The second kappa shape index (κ2) is 7.43. The number of pyridine rings is 2. The lowest BCUT2D eigenvalue weighted by atomic mass is 10.2. The van der Waals surface area contributed by atoms with Crippen molar-refractivity contribution in [3.8, 4) is 0 Å². The molecule has 1 amide bonds. The van der Waals surface area contributed by atoms with Gasteiger partial charge >= 0.3 is 0 Å². The quantitative estimate of drug-likeness (QED) is 0.477. The number of nitrogens with one attached hydrogen (secondary N) is 2. The Morgan fingerprint density at radius 3 is 2.37 bits per heavy atom. The van der Waals surface area contributed by atoms with E-state index >= 15 is 0 Å². The number of rotatable bonds is 4. The van der Waals surface area contributed by atoms with Gasteiger partial charge in [-0.1, -0.05) is 29.8 Å². The van der Waals surface area contributed by atoms with Gasteiger partial charge < -0.3 is 10.6 Å². The number of benzene rings is 2. The summed E-state index contributed by atoms with van der Waals surface area (Å²) in [6.07, 6.45) is 1.68. The fourth-order valence-corrected chi connectivity index (χ4v) is 2.84. The summed E-state index contributed by atoms with van der Waals surface area (Å²) in [6, 6.07) is 22.1. The van der Waals surface area contributed by atoms with Crippen molar-refractivity contribution in [1.82, 2.24) is 9.97 Å². The van der Waals surface area contributed by atoms with E-state index in [-0.39, 0.29) is 5.91 Å². The molecule has 0 unspecified atom stereocenters. The van der Waals surface area contributed by atoms with Gasteiger partial charge in [-0.15, -0.1) is 0 Å². The summed E-state index contributed by atoms with van der Waals surface area (Å²) in [5.41, 5.74) is 3.69. The summed E-state index contributed by atoms with van der Waals surface area (Å²) in [4.78, 5) is 20.7. The molecule has 0 radical (unpaired) electrons. The van der Waals surface area contributed by atoms with Crippen molar-refractivity contribution in [3.05, 3.63) is 89.7 Å². The SMILES string of the molecule is O=C(Nc1ccc(Nc2ccnc3nc(Cl)ccc23)cc1)c1ccccc1. The number of amides is 1. The zero-order valence-corrected chi connectivity index (χ0v) is 14.9. The van der Waals surface area contributed by atoms with Crippen molar-refractivity contribution in [3.63, 3.8) is 0 Å². The Kier molecular flexibility index (Phi) is 4.68. The van der Waals surface area contributed by atoms with Gasteiger partial charge in [0.15, 0.2) is 5.65 Å². The maximum Gasteiger partial charge on any atom is 0.255 e. The van der Waals surface area contributed by atoms with Gasteiger partial charge in [0.1, 0.15) is 5.15 Å². The highest BCUT2D eigenvalue weighted by Crippen LogP contribution is 2.26. The summed E-state index contributed by atoms with van der Waals surface area (Å²) in [5.74, 6) is -0.139. The van der Waals surface area contributed by atoms with Gasteiger partial charge in [-0.2, -0.15) is 0 Å². The number of aromatic nitrogens is 2. The molecule has 2 aromatic carbocycles. The molecule has 0 aliphatic rings. The van der Waals surface area contributed by atoms with Crippen molar-refractivity contribution in [2.24, 2.45) is 0 Å². The molecule has 0 aliphatic heterocycles. The Bertz CT molecular complexity index is 1100. The van der Waals surface area contributed by atoms with E-state index in [0.29, 0.717) is 16.4 Å². The number of carbonyl (C=O) groups excluding carboxylic acids is 1. The minimum atomic E-state index is -0.139. The molecule has 132 valence electrons. The standard InChI is InChI=1S/C21H15ClN4O/c22-19-11-10-17-18(12-13-23-20(17)26-19)24-15-6-8-16(9-7-15)25-21(27)14-4-2-1-3-5-14/h1-13H,(H,25,27)(H,23,24,26). The normalized spacial score (nSPS) is 10.6. The van der Waals surface area contributed by atoms with Gasteiger partial charge in [-0.25, -0.2) is 9.97 Å². The molecule has 2 N–H and O–H groups in total. The zero-order valence-electron chi connectivity index (χ0n) is 14.2. The third-order valence-corrected chi connectivity index (χ3v) is 4.24. The van der Waals surface area contributed by atoms with E-state index in [4.69, 9.17) is 11.6 Å². The molecule has 0 aliphatic carbocycles. The van der Waals surface area contributed by atoms with Crippen molar-refractivity contribution >= 4 is 45.6 Å². The minimum Gasteiger partial charge on any atom is -0.355 e. The molecule has 0 saturated carbocycles. The minimum absolute atomic E-state index is 0.139. The van der Waals surface area contributed by atoms with Crippen LogP contribution in [0.4, 0.5) is 17.1 Å². The molecule has 0 atom stereocenters. The number of nitrogens with zero attached hydrogens (tertiary/aromatic N) is 2. The molecule has 4 rings (SSSR count). The van der Waals surface area contributed by atoms with E-state index in [9.17, 15) is 4.79 Å². The van der Waals surface area contributed by atoms with E-state index < -0.39 is 0 Å². The van der Waals surface area contributed by atoms with Crippen LogP contribution in [-0.4, -0.2) is 15.9 Å². The van der Waals surface area contributed by atoms with Crippen LogP contribution in [0.2, 0.25) is 5.15 Å². The average Bonchev–Trinajstić information content (AvgIpc) is 2.70. The highest BCUT2D eigenvalue weighted by Gasteiger charge is 2.07. The van der Waals surface area contributed by atoms with Gasteiger partial charge in [0.05, 0.1) is 5.69 Å². The summed E-state index contributed by atoms with van der Waals surface area (Å²) in [7, 11) is 0. The molecule has 0 bridgehead atoms. The van der Waals surface area contributed by atoms with Crippen LogP contribution in [0.15, 0.2) is 79.0 Å². The Balaban J connectivity index is 1.51. The Hall–Kier alpha value is -3.44. The first-order valence-electron chi connectivity index (χ1n) is 8.34. The van der Waals surface area contributed by atoms with Crippen LogP contribution in [-0.2, 0) is 0 Å². The van der Waals surface area contributed by atoms with E-state index in [1.54, 1.807) is 24.4 Å². The monoisotopic (exact) mass is 374 g/mol. The van der Waals surface area contributed by atoms with Crippen LogP contribution < -0.4 is 10.6 Å². The number of fused-ring (bicyclic) bond motifs is 1. The van der Waals surface area contributed by atoms with Crippen molar-refractivity contribution in [2.75, 3.05) is 10.6 Å². The second-order valence-corrected chi connectivity index (χ2v) is 6.27. The van der Waals surface area contributed by atoms with E-state index in [1.165, 1.54) is 0 Å². The van der Waals surface area contributed by atoms with E-state index in [0.717, 1.165) is 22.4 Å². The molecule has 2 heterocycles. The van der Waals surface area contributed by atoms with Crippen molar-refractivity contribution < 1.29 is 4.79 Å². The molecular weight excluding hydrogens is 360 g/mol. The molecule has 27 heavy (non-hydrogen) atoms. The molecule has 0 saturated heterocycles. The molecule has 5 nitrogen and oxygen atoms in total. The Morgan fingerprint density at radius 1 is 0.852 bits per heavy atom. The smallest absolute Gasteiger partial charge is 0.255 e. The number of anilines is 3. The number of halogens is 1. The van der Waals surface area contributed by atoms with Crippen LogP contribution in [0.25, 0.3) is 11.0 Å². The predicted octanol–water partition coefficient (Wildman–Crippen LogP) is 5.28. The maximum atomic E-state index is 12.2. The van der Waals surface area contributed by atoms with Crippen LogP contribution in [0.1, 0.15) is 10.4 Å². The third-order valence-electron chi connectivity index (χ3n) is 4.03. The van der Waals surface area contributed by atoms with Gasteiger partial charge in [0, 0.05) is 28.5 Å². The maximum absolute atomic E-state index is 12.2. The summed E-state index contributed by atoms with van der Waals surface area (Å²) < 4.78 is 0. The van der Waals surface area contributed by atoms with Crippen LogP contribution in [0.5, 0.6) is 0 Å². The molecule has 0 fully saturated rings. The third kappa shape index (κ3) is 3.88. The van der Waals surface area contributed by atoms with Gasteiger partial charge in [0.25, 0.3) is 5.91 Å². The highest BCUT2D eigenvalue weighted by molar-refractivity contribution is 6.29. The lowest BCUT2D eigenvalue weighted by Gasteiger charge is -2.10. The van der Waals surface area contributed by atoms with Gasteiger partial charge in [-0.3, -0.25) is 4.79 Å². The van der Waals surface area contributed by atoms with E-state index in [2.05, 4.69) is 20.6 Å². The van der Waals surface area contributed by atoms with Crippen LogP contribution >= 0.6 is 11.6 Å². The van der Waals surface area contributed by atoms with Gasteiger partial charge in [-0.05, 0) is 54.6 Å². The van der Waals surface area contributed by atoms with Gasteiger partial charge in [0.2, 0.25) is 0 Å². The summed E-state index contributed by atoms with van der Waals surface area (Å²) >= 11 is 5.93. The number of hydrogen-bond acceptors (Lipinski definition) is 4. The number of hydrogen-bond donors (Lipinski definition) is 2. The molecule has 4 aromatic rings. The highest BCUT2D eigenvalue weighted by atomic mass is 35.5. The van der Waals surface area contributed by atoms with Crippen molar-refractivity contribution in [2.45, 2.75) is 0 Å². The number of carbonyl (C=O) groups is 1. The zero-order chi connectivity index (χ0) is 18.6. The molecule has 6 heteroatoms. The molecular formula is C21H15ClN4O. The first-order chi connectivity index (χ1) is 13.2. The Labute approximate surface area is 161 Å². The first-order valence-corrected chi connectivity index (χ1v) is 8.71. The molecule has 2 aromatic heterocycles. The fourth-order valence-electron chi connectivity index (χ4n) is 2.70. The first kappa shape index (κ1) is 17.0. The van der Waals surface area contributed by atoms with Crippen LogP contribution in [0.3, 0.4) is 0 Å². The predicted molar refractivity (Wildman–Crippen MR) is 109 cm³/mol. The summed E-state index contributed by atoms with van der Waals surface area (Å²) in [5, 5.41) is 7.51. The summed E-state index contributed by atoms with van der Waals surface area (Å²) in [6.45, 7) is 0. The average molecular weight is 375 g/mol. The Morgan fingerprint density at radius 2 is 1.59 bits per heavy atom. The topological polar surface area (TPSA) is 66.9 Å². The fraction of sp³-hybridized carbons (Fsp3) is 0. The lowest BCUT2D eigenvalue weighted by Crippen LogP contribution is -2.11. The van der Waals surface area contributed by atoms with Crippen molar-refractivity contribution in [1.29, 1.82) is 0 Å². The van der Waals surface area contributed by atoms with Crippen LogP contribution in [0, 0.1) is 0 Å². The second-order valence-electron chi connectivity index (χ2n) is 5.89. The largest absolute Gasteiger partial charge is 0.355 e. The van der Waals surface area contributed by atoms with E-state index in [1.807, 2.05) is 54.6 Å².